The smallest absolute Gasteiger partial charge is 0.122 e. The van der Waals surface area contributed by atoms with Crippen molar-refractivity contribution < 1.29 is 9.47 Å². The van der Waals surface area contributed by atoms with E-state index >= 15 is 0 Å². The Balaban J connectivity index is 1.68. The first kappa shape index (κ1) is 13.1. The van der Waals surface area contributed by atoms with Gasteiger partial charge in [-0.25, -0.2) is 4.98 Å². The number of fused-ring (bicyclic) bond motifs is 1. The molecule has 1 aromatic rings. The van der Waals surface area contributed by atoms with Gasteiger partial charge >= 0.3 is 0 Å². The van der Waals surface area contributed by atoms with Crippen LogP contribution in [0.25, 0.3) is 0 Å². The first-order valence-electron chi connectivity index (χ1n) is 7.10. The zero-order valence-electron chi connectivity index (χ0n) is 11.8. The van der Waals surface area contributed by atoms with E-state index in [2.05, 4.69) is 21.5 Å². The predicted molar refractivity (Wildman–Crippen MR) is 71.7 cm³/mol. The Labute approximate surface area is 114 Å². The van der Waals surface area contributed by atoms with E-state index in [0.717, 1.165) is 32.1 Å². The lowest BCUT2D eigenvalue weighted by Crippen LogP contribution is -2.50. The van der Waals surface area contributed by atoms with Gasteiger partial charge in [-0.1, -0.05) is 0 Å². The van der Waals surface area contributed by atoms with Crippen LogP contribution in [0.4, 0.5) is 0 Å². The van der Waals surface area contributed by atoms with Gasteiger partial charge in [0.1, 0.15) is 5.82 Å². The van der Waals surface area contributed by atoms with Crippen LogP contribution in [0.3, 0.4) is 0 Å². The van der Waals surface area contributed by atoms with Gasteiger partial charge in [0, 0.05) is 45.1 Å². The largest absolute Gasteiger partial charge is 0.384 e. The summed E-state index contributed by atoms with van der Waals surface area (Å²) in [7, 11) is 3.84. The fourth-order valence-corrected chi connectivity index (χ4v) is 3.46. The van der Waals surface area contributed by atoms with Crippen molar-refractivity contribution in [2.45, 2.75) is 31.5 Å². The Morgan fingerprint density at radius 3 is 3.11 bits per heavy atom. The molecule has 5 heteroatoms. The van der Waals surface area contributed by atoms with Crippen LogP contribution in [0.1, 0.15) is 18.7 Å². The molecule has 2 fully saturated rings. The molecule has 1 aliphatic carbocycles. The third kappa shape index (κ3) is 2.55. The second-order valence-corrected chi connectivity index (χ2v) is 5.62. The Hall–Kier alpha value is -0.910. The third-order valence-electron chi connectivity index (χ3n) is 4.48. The molecule has 0 amide bonds. The summed E-state index contributed by atoms with van der Waals surface area (Å²) >= 11 is 0. The maximum atomic E-state index is 6.00. The van der Waals surface area contributed by atoms with Crippen LogP contribution >= 0.6 is 0 Å². The number of imidazole rings is 1. The first-order valence-corrected chi connectivity index (χ1v) is 7.10. The highest BCUT2D eigenvalue weighted by Gasteiger charge is 2.42. The Bertz CT molecular complexity index is 421. The fourth-order valence-electron chi connectivity index (χ4n) is 3.46. The van der Waals surface area contributed by atoms with Gasteiger partial charge in [-0.3, -0.25) is 4.90 Å². The predicted octanol–water partition coefficient (Wildman–Crippen LogP) is 1.05. The van der Waals surface area contributed by atoms with Crippen LogP contribution < -0.4 is 0 Å². The minimum absolute atomic E-state index is 0.342. The zero-order valence-corrected chi connectivity index (χ0v) is 11.8. The number of methoxy groups -OCH3 is 1. The molecule has 3 atom stereocenters. The number of aromatic nitrogens is 2. The number of nitrogens with zero attached hydrogens (tertiary/aromatic N) is 3. The minimum Gasteiger partial charge on any atom is -0.384 e. The maximum Gasteiger partial charge on any atom is 0.122 e. The number of morpholine rings is 1. The number of hydrogen-bond donors (Lipinski definition) is 0. The quantitative estimate of drug-likeness (QED) is 0.815. The lowest BCUT2D eigenvalue weighted by atomic mass is 10.0. The van der Waals surface area contributed by atoms with Gasteiger partial charge in [-0.05, 0) is 12.8 Å². The average molecular weight is 265 g/mol. The van der Waals surface area contributed by atoms with Crippen molar-refractivity contribution in [3.05, 3.63) is 18.2 Å². The van der Waals surface area contributed by atoms with Crippen LogP contribution in [0, 0.1) is 5.92 Å². The maximum absolute atomic E-state index is 6.00. The first-order chi connectivity index (χ1) is 9.29. The summed E-state index contributed by atoms with van der Waals surface area (Å²) < 4.78 is 13.4. The van der Waals surface area contributed by atoms with Crippen molar-refractivity contribution in [2.24, 2.45) is 13.0 Å². The summed E-state index contributed by atoms with van der Waals surface area (Å²) in [5.41, 5.74) is 0. The molecule has 1 unspecified atom stereocenters. The fraction of sp³-hybridized carbons (Fsp3) is 0.786. The van der Waals surface area contributed by atoms with Gasteiger partial charge in [0.2, 0.25) is 0 Å². The van der Waals surface area contributed by atoms with Crippen molar-refractivity contribution in [1.82, 2.24) is 14.5 Å². The summed E-state index contributed by atoms with van der Waals surface area (Å²) in [6.45, 7) is 3.57. The molecule has 1 saturated heterocycles. The molecular weight excluding hydrogens is 242 g/mol. The number of aryl methyl sites for hydroxylation is 1. The van der Waals surface area contributed by atoms with Gasteiger partial charge in [0.05, 0.1) is 25.9 Å². The van der Waals surface area contributed by atoms with Crippen LogP contribution in [-0.2, 0) is 23.1 Å². The van der Waals surface area contributed by atoms with Gasteiger partial charge in [0.15, 0.2) is 0 Å². The molecule has 19 heavy (non-hydrogen) atoms. The Morgan fingerprint density at radius 2 is 2.37 bits per heavy atom. The average Bonchev–Trinajstić information content (AvgIpc) is 2.99. The molecule has 0 radical (unpaired) electrons. The van der Waals surface area contributed by atoms with E-state index in [-0.39, 0.29) is 0 Å². The molecule has 2 aliphatic rings. The van der Waals surface area contributed by atoms with E-state index in [9.17, 15) is 0 Å². The molecule has 106 valence electrons. The Morgan fingerprint density at radius 1 is 1.47 bits per heavy atom. The molecule has 1 aliphatic heterocycles. The van der Waals surface area contributed by atoms with E-state index < -0.39 is 0 Å². The number of ether oxygens (including phenoxy) is 2. The second kappa shape index (κ2) is 5.61. The lowest BCUT2D eigenvalue weighted by molar-refractivity contribution is -0.0862. The SMILES string of the molecule is COCC1CC[C@H]2[C@H]1OCCN2Cc1nccn1C. The summed E-state index contributed by atoms with van der Waals surface area (Å²) in [6.07, 6.45) is 6.64. The molecule has 0 bridgehead atoms. The molecule has 1 saturated carbocycles. The summed E-state index contributed by atoms with van der Waals surface area (Å²) in [5, 5.41) is 0. The standard InChI is InChI=1S/C14H23N3O2/c1-16-6-5-15-13(16)9-17-7-8-19-14-11(10-18-2)3-4-12(14)17/h5-6,11-12,14H,3-4,7-10H2,1-2H3/t11?,12-,14-/m0/s1. The van der Waals surface area contributed by atoms with Gasteiger partial charge < -0.3 is 14.0 Å². The number of hydrogen-bond acceptors (Lipinski definition) is 4. The summed E-state index contributed by atoms with van der Waals surface area (Å²) in [5.74, 6) is 1.69. The topological polar surface area (TPSA) is 39.5 Å². The van der Waals surface area contributed by atoms with Crippen LogP contribution in [0.15, 0.2) is 12.4 Å². The van der Waals surface area contributed by atoms with E-state index in [1.54, 1.807) is 7.11 Å². The lowest BCUT2D eigenvalue weighted by Gasteiger charge is -2.39. The molecule has 0 N–H and O–H groups in total. The van der Waals surface area contributed by atoms with Crippen molar-refractivity contribution >= 4 is 0 Å². The molecule has 1 aromatic heterocycles. The van der Waals surface area contributed by atoms with Crippen LogP contribution in [-0.4, -0.2) is 53.5 Å². The van der Waals surface area contributed by atoms with E-state index in [0.29, 0.717) is 18.1 Å². The molecule has 0 spiro atoms. The van der Waals surface area contributed by atoms with E-state index in [1.807, 2.05) is 12.4 Å². The van der Waals surface area contributed by atoms with E-state index in [4.69, 9.17) is 9.47 Å². The van der Waals surface area contributed by atoms with Crippen molar-refractivity contribution in [1.29, 1.82) is 0 Å². The summed E-state index contributed by atoms with van der Waals surface area (Å²) in [6, 6.07) is 0.533. The third-order valence-corrected chi connectivity index (χ3v) is 4.48. The zero-order chi connectivity index (χ0) is 13.2. The molecule has 3 rings (SSSR count). The summed E-state index contributed by atoms with van der Waals surface area (Å²) in [4.78, 5) is 6.97. The number of rotatable bonds is 4. The normalized spacial score (nSPS) is 31.6. The van der Waals surface area contributed by atoms with Crippen LogP contribution in [0.5, 0.6) is 0 Å². The van der Waals surface area contributed by atoms with Crippen molar-refractivity contribution in [3.63, 3.8) is 0 Å². The molecular formula is C14H23N3O2. The van der Waals surface area contributed by atoms with Crippen molar-refractivity contribution in [2.75, 3.05) is 26.9 Å². The van der Waals surface area contributed by atoms with Gasteiger partial charge in [-0.15, -0.1) is 0 Å². The highest BCUT2D eigenvalue weighted by Crippen LogP contribution is 2.35. The van der Waals surface area contributed by atoms with Gasteiger partial charge in [-0.2, -0.15) is 0 Å². The molecule has 0 aromatic carbocycles. The molecule has 2 heterocycles. The van der Waals surface area contributed by atoms with E-state index in [1.165, 1.54) is 12.8 Å². The van der Waals surface area contributed by atoms with Crippen molar-refractivity contribution in [3.8, 4) is 0 Å². The second-order valence-electron chi connectivity index (χ2n) is 5.62. The minimum atomic E-state index is 0.342. The Kier molecular flexibility index (Phi) is 3.86. The highest BCUT2D eigenvalue weighted by atomic mass is 16.5. The monoisotopic (exact) mass is 265 g/mol. The highest BCUT2D eigenvalue weighted by molar-refractivity contribution is 4.98. The van der Waals surface area contributed by atoms with Crippen LogP contribution in [0.2, 0.25) is 0 Å². The molecule has 5 nitrogen and oxygen atoms in total. The van der Waals surface area contributed by atoms with Gasteiger partial charge in [0.25, 0.3) is 0 Å².